The predicted octanol–water partition coefficient (Wildman–Crippen LogP) is 15.3. The molecule has 0 N–H and O–H groups in total. The second-order valence-electron chi connectivity index (χ2n) is 17.8. The third-order valence-electron chi connectivity index (χ3n) is 13.1. The molecule has 12 rings (SSSR count). The largest absolute Gasteiger partial charge is 0.309 e. The van der Waals surface area contributed by atoms with E-state index in [0.717, 1.165) is 36.3 Å². The summed E-state index contributed by atoms with van der Waals surface area (Å²) >= 11 is 0. The normalized spacial score (nSPS) is 13.8. The molecule has 0 fully saturated rings. The van der Waals surface area contributed by atoms with E-state index in [-0.39, 0.29) is 5.41 Å². The van der Waals surface area contributed by atoms with Crippen LogP contribution in [0.25, 0.3) is 94.4 Å². The standard InChI is InChI=1S/C59H45N3/c1-59(2,3)42-30-26-39(27-31-42)40-28-32-43(33-29-40)60-53-24-14-11-20-46(53)49-36-44(34-35-56(49)60)61-54-25-15-12-21-47(54)50-38-58-51(37-57(50)61)48-19-8-5-9-22-55(48)62(58)52-23-13-10-18-45(52)41-16-6-4-7-17-41/h4,6,8,10-16,18-21,23-38H,5,7,17H2,1-3H3. The van der Waals surface area contributed by atoms with E-state index in [2.05, 4.69) is 228 Å². The summed E-state index contributed by atoms with van der Waals surface area (Å²) < 4.78 is 7.32. The minimum absolute atomic E-state index is 0.129. The van der Waals surface area contributed by atoms with E-state index in [0.29, 0.717) is 0 Å². The number of hydrogen-bond acceptors (Lipinski definition) is 0. The summed E-state index contributed by atoms with van der Waals surface area (Å²) in [7, 11) is 0. The molecule has 0 radical (unpaired) electrons. The first kappa shape index (κ1) is 36.3. The van der Waals surface area contributed by atoms with Crippen molar-refractivity contribution in [1.29, 1.82) is 0 Å². The van der Waals surface area contributed by atoms with E-state index in [1.54, 1.807) is 0 Å². The Hall–Kier alpha value is -7.54. The van der Waals surface area contributed by atoms with Crippen molar-refractivity contribution < 1.29 is 0 Å². The van der Waals surface area contributed by atoms with Crippen molar-refractivity contribution in [3.63, 3.8) is 0 Å². The highest BCUT2D eigenvalue weighted by Crippen LogP contribution is 2.42. The fourth-order valence-electron chi connectivity index (χ4n) is 10.1. The lowest BCUT2D eigenvalue weighted by Gasteiger charge is -2.19. The fourth-order valence-corrected chi connectivity index (χ4v) is 10.1. The van der Waals surface area contributed by atoms with Crippen LogP contribution in [-0.4, -0.2) is 13.7 Å². The van der Waals surface area contributed by atoms with Crippen molar-refractivity contribution >= 4 is 66.2 Å². The molecule has 0 unspecified atom stereocenters. The van der Waals surface area contributed by atoms with Crippen molar-refractivity contribution in [2.24, 2.45) is 0 Å². The molecule has 0 spiro atoms. The molecule has 3 nitrogen and oxygen atoms in total. The van der Waals surface area contributed by atoms with Crippen LogP contribution in [-0.2, 0) is 5.41 Å². The Morgan fingerprint density at radius 3 is 1.85 bits per heavy atom. The van der Waals surface area contributed by atoms with Gasteiger partial charge in [-0.2, -0.15) is 0 Å². The van der Waals surface area contributed by atoms with Crippen LogP contribution in [0, 0.1) is 11.8 Å². The Labute approximate surface area is 362 Å². The Balaban J connectivity index is 1.04. The molecule has 0 bridgehead atoms. The monoisotopic (exact) mass is 795 g/mol. The van der Waals surface area contributed by atoms with E-state index in [4.69, 9.17) is 0 Å². The maximum absolute atomic E-state index is 3.62. The highest BCUT2D eigenvalue weighted by Gasteiger charge is 2.24. The molecule has 0 amide bonds. The average molecular weight is 796 g/mol. The number of para-hydroxylation sites is 3. The number of nitrogens with zero attached hydrogens (tertiary/aromatic N) is 3. The molecule has 62 heavy (non-hydrogen) atoms. The second kappa shape index (κ2) is 14.0. The van der Waals surface area contributed by atoms with Gasteiger partial charge in [-0.05, 0) is 107 Å². The molecule has 3 heterocycles. The van der Waals surface area contributed by atoms with Gasteiger partial charge in [-0.3, -0.25) is 0 Å². The van der Waals surface area contributed by atoms with Crippen molar-refractivity contribution in [1.82, 2.24) is 13.7 Å². The van der Waals surface area contributed by atoms with Gasteiger partial charge < -0.3 is 13.7 Å². The number of fused-ring (bicyclic) bond motifs is 9. The summed E-state index contributed by atoms with van der Waals surface area (Å²) in [6.07, 6.45) is 14.0. The number of hydrogen-bond donors (Lipinski definition) is 0. The van der Waals surface area contributed by atoms with Crippen LogP contribution in [0.2, 0.25) is 0 Å². The molecular weight excluding hydrogens is 751 g/mol. The molecular formula is C59H45N3. The van der Waals surface area contributed by atoms with Gasteiger partial charge in [0.15, 0.2) is 0 Å². The Morgan fingerprint density at radius 2 is 1.13 bits per heavy atom. The van der Waals surface area contributed by atoms with Gasteiger partial charge in [-0.1, -0.05) is 148 Å². The highest BCUT2D eigenvalue weighted by atomic mass is 15.0. The van der Waals surface area contributed by atoms with Crippen molar-refractivity contribution in [3.05, 3.63) is 198 Å². The van der Waals surface area contributed by atoms with Gasteiger partial charge in [-0.15, -0.1) is 0 Å². The van der Waals surface area contributed by atoms with Crippen molar-refractivity contribution in [3.8, 4) is 40.0 Å². The third kappa shape index (κ3) is 5.67. The lowest BCUT2D eigenvalue weighted by Crippen LogP contribution is -2.10. The third-order valence-corrected chi connectivity index (χ3v) is 13.1. The molecule has 0 atom stereocenters. The SMILES string of the molecule is CC(C)(C)c1ccc(-c2ccc(-n3c4ccccc4c4cc(-n5c6ccccc6c6cc7c(cc65)c5c(n7-c6ccccc6C6=CC=CCC6)C#CCC=C5)ccc43)cc2)cc1. The Kier molecular flexibility index (Phi) is 8.21. The molecule has 3 aromatic heterocycles. The molecule has 0 aliphatic heterocycles. The Bertz CT molecular complexity index is 3610. The van der Waals surface area contributed by atoms with E-state index in [1.807, 2.05) is 0 Å². The fraction of sp³-hybridized carbons (Fsp3) is 0.119. The Morgan fingerprint density at radius 1 is 0.516 bits per heavy atom. The van der Waals surface area contributed by atoms with Gasteiger partial charge in [0, 0.05) is 55.9 Å². The van der Waals surface area contributed by atoms with E-state index >= 15 is 0 Å². The first-order chi connectivity index (χ1) is 30.4. The summed E-state index contributed by atoms with van der Waals surface area (Å²) in [6.45, 7) is 6.79. The van der Waals surface area contributed by atoms with Gasteiger partial charge in [0.2, 0.25) is 0 Å². The molecule has 2 aliphatic rings. The van der Waals surface area contributed by atoms with E-state index in [1.165, 1.54) is 93.6 Å². The zero-order chi connectivity index (χ0) is 41.5. The maximum atomic E-state index is 3.62. The number of benzene rings is 7. The summed E-state index contributed by atoms with van der Waals surface area (Å²) in [5.74, 6) is 7.07. The first-order valence-electron chi connectivity index (χ1n) is 21.9. The molecule has 3 heteroatoms. The summed E-state index contributed by atoms with van der Waals surface area (Å²) in [5.41, 5.74) is 18.2. The number of allylic oxidation sites excluding steroid dienone is 5. The number of aromatic nitrogens is 3. The molecule has 296 valence electrons. The summed E-state index contributed by atoms with van der Waals surface area (Å²) in [5, 5.41) is 6.14. The van der Waals surface area contributed by atoms with Crippen LogP contribution >= 0.6 is 0 Å². The van der Waals surface area contributed by atoms with Crippen LogP contribution in [0.5, 0.6) is 0 Å². The van der Waals surface area contributed by atoms with Crippen LogP contribution in [0.15, 0.2) is 176 Å². The zero-order valence-electron chi connectivity index (χ0n) is 35.3. The topological polar surface area (TPSA) is 14.8 Å². The second-order valence-corrected chi connectivity index (χ2v) is 17.8. The maximum Gasteiger partial charge on any atom is 0.105 e. The average Bonchev–Trinajstić information content (AvgIpc) is 3.84. The lowest BCUT2D eigenvalue weighted by molar-refractivity contribution is 0.590. The van der Waals surface area contributed by atoms with E-state index in [9.17, 15) is 0 Å². The molecule has 10 aromatic rings. The van der Waals surface area contributed by atoms with Gasteiger partial charge in [0.05, 0.1) is 33.3 Å². The van der Waals surface area contributed by atoms with Gasteiger partial charge in [0.25, 0.3) is 0 Å². The zero-order valence-corrected chi connectivity index (χ0v) is 35.3. The highest BCUT2D eigenvalue weighted by molar-refractivity contribution is 6.16. The minimum atomic E-state index is 0.129. The van der Waals surface area contributed by atoms with Crippen molar-refractivity contribution in [2.75, 3.05) is 0 Å². The minimum Gasteiger partial charge on any atom is -0.309 e. The first-order valence-corrected chi connectivity index (χ1v) is 21.9. The van der Waals surface area contributed by atoms with Crippen LogP contribution in [0.4, 0.5) is 0 Å². The molecule has 0 saturated carbocycles. The molecule has 2 aliphatic carbocycles. The summed E-state index contributed by atoms with van der Waals surface area (Å²) in [4.78, 5) is 0. The van der Waals surface area contributed by atoms with E-state index < -0.39 is 0 Å². The van der Waals surface area contributed by atoms with Crippen LogP contribution < -0.4 is 0 Å². The number of rotatable bonds is 5. The smallest absolute Gasteiger partial charge is 0.105 e. The molecule has 7 aromatic carbocycles. The van der Waals surface area contributed by atoms with Crippen molar-refractivity contribution in [2.45, 2.75) is 45.4 Å². The van der Waals surface area contributed by atoms with Gasteiger partial charge in [-0.25, -0.2) is 0 Å². The lowest BCUT2D eigenvalue weighted by atomic mass is 9.86. The van der Waals surface area contributed by atoms with Crippen LogP contribution in [0.3, 0.4) is 0 Å². The van der Waals surface area contributed by atoms with Crippen LogP contribution in [0.1, 0.15) is 62.4 Å². The molecule has 0 saturated heterocycles. The van der Waals surface area contributed by atoms with Gasteiger partial charge >= 0.3 is 0 Å². The quantitative estimate of drug-likeness (QED) is 0.154. The predicted molar refractivity (Wildman–Crippen MR) is 263 cm³/mol. The van der Waals surface area contributed by atoms with Gasteiger partial charge in [0.1, 0.15) is 5.69 Å². The summed E-state index contributed by atoms with van der Waals surface area (Å²) in [6, 6.07) is 56.5.